The number of rotatable bonds is 1. The van der Waals surface area contributed by atoms with Crippen molar-refractivity contribution in [2.24, 2.45) is 5.41 Å². The number of nitrogens with zero attached hydrogens (tertiary/aromatic N) is 2. The van der Waals surface area contributed by atoms with E-state index in [0.29, 0.717) is 11.9 Å². The van der Waals surface area contributed by atoms with Crippen LogP contribution in [0.15, 0.2) is 35.4 Å². The van der Waals surface area contributed by atoms with Crippen molar-refractivity contribution in [1.82, 2.24) is 9.55 Å². The van der Waals surface area contributed by atoms with E-state index in [1.807, 2.05) is 24.3 Å². The van der Waals surface area contributed by atoms with Crippen LogP contribution in [0.3, 0.4) is 0 Å². The van der Waals surface area contributed by atoms with Crippen LogP contribution in [0.1, 0.15) is 20.8 Å². The molecule has 0 unspecified atom stereocenters. The molecule has 1 aromatic heterocycles. The number of hydrogen-bond acceptors (Lipinski definition) is 2. The molecule has 0 aliphatic rings. The normalized spacial score (nSPS) is 11.9. The Bertz CT molecular complexity index is 564. The molecule has 0 saturated carbocycles. The molecule has 1 heterocycles. The zero-order valence-electron chi connectivity index (χ0n) is 9.90. The van der Waals surface area contributed by atoms with Gasteiger partial charge in [0, 0.05) is 6.54 Å². The molecule has 0 amide bonds. The minimum absolute atomic E-state index is 0.0422. The first-order chi connectivity index (χ1) is 7.47. The van der Waals surface area contributed by atoms with Crippen molar-refractivity contribution in [3.8, 4) is 0 Å². The third-order valence-electron chi connectivity index (χ3n) is 2.38. The van der Waals surface area contributed by atoms with Crippen LogP contribution < -0.4 is 5.56 Å². The lowest BCUT2D eigenvalue weighted by molar-refractivity contribution is 0.337. The first kappa shape index (κ1) is 10.9. The van der Waals surface area contributed by atoms with Crippen LogP contribution in [-0.4, -0.2) is 9.55 Å². The van der Waals surface area contributed by atoms with Gasteiger partial charge in [-0.3, -0.25) is 9.36 Å². The summed E-state index contributed by atoms with van der Waals surface area (Å²) in [5.74, 6) is 0. The summed E-state index contributed by atoms with van der Waals surface area (Å²) < 4.78 is 1.68. The molecule has 84 valence electrons. The third-order valence-corrected chi connectivity index (χ3v) is 2.38. The molecular formula is C13H16N2O. The van der Waals surface area contributed by atoms with Gasteiger partial charge < -0.3 is 0 Å². The van der Waals surface area contributed by atoms with Crippen LogP contribution in [0.25, 0.3) is 10.9 Å². The molecule has 0 aliphatic heterocycles. The summed E-state index contributed by atoms with van der Waals surface area (Å²) in [6.07, 6.45) is 1.63. The van der Waals surface area contributed by atoms with Crippen LogP contribution in [0, 0.1) is 5.41 Å². The van der Waals surface area contributed by atoms with Gasteiger partial charge in [0.15, 0.2) is 0 Å². The molecule has 0 N–H and O–H groups in total. The lowest BCUT2D eigenvalue weighted by Crippen LogP contribution is -2.26. The molecule has 16 heavy (non-hydrogen) atoms. The number of fused-ring (bicyclic) bond motifs is 1. The molecular weight excluding hydrogens is 200 g/mol. The highest BCUT2D eigenvalue weighted by Crippen LogP contribution is 2.15. The fourth-order valence-electron chi connectivity index (χ4n) is 1.73. The zero-order chi connectivity index (χ0) is 11.8. The fraction of sp³-hybridized carbons (Fsp3) is 0.385. The van der Waals surface area contributed by atoms with Crippen molar-refractivity contribution >= 4 is 10.9 Å². The predicted octanol–water partition coefficient (Wildman–Crippen LogP) is 2.44. The van der Waals surface area contributed by atoms with Crippen LogP contribution in [-0.2, 0) is 6.54 Å². The van der Waals surface area contributed by atoms with E-state index in [2.05, 4.69) is 25.8 Å². The van der Waals surface area contributed by atoms with E-state index >= 15 is 0 Å². The molecule has 0 bridgehead atoms. The first-order valence-corrected chi connectivity index (χ1v) is 5.41. The molecule has 0 spiro atoms. The molecule has 3 nitrogen and oxygen atoms in total. The molecule has 2 rings (SSSR count). The maximum atomic E-state index is 12.1. The average molecular weight is 216 g/mol. The standard InChI is InChI=1S/C13H16N2O/c1-13(2,3)8-15-9-14-11-7-5-4-6-10(11)12(15)16/h4-7,9H,8H2,1-3H3. The average Bonchev–Trinajstić information content (AvgIpc) is 2.21. The minimum atomic E-state index is 0.0422. The molecule has 0 aliphatic carbocycles. The Balaban J connectivity index is 2.57. The molecule has 0 radical (unpaired) electrons. The number of aromatic nitrogens is 2. The maximum absolute atomic E-state index is 12.1. The van der Waals surface area contributed by atoms with Crippen LogP contribution >= 0.6 is 0 Å². The largest absolute Gasteiger partial charge is 0.298 e. The first-order valence-electron chi connectivity index (χ1n) is 5.41. The quantitative estimate of drug-likeness (QED) is 0.734. The minimum Gasteiger partial charge on any atom is -0.298 e. The van der Waals surface area contributed by atoms with Gasteiger partial charge in [-0.1, -0.05) is 32.9 Å². The van der Waals surface area contributed by atoms with Crippen molar-refractivity contribution in [2.75, 3.05) is 0 Å². The van der Waals surface area contributed by atoms with E-state index in [1.54, 1.807) is 10.9 Å². The van der Waals surface area contributed by atoms with Crippen LogP contribution in [0.2, 0.25) is 0 Å². The van der Waals surface area contributed by atoms with Gasteiger partial charge in [0.1, 0.15) is 0 Å². The number of hydrogen-bond donors (Lipinski definition) is 0. The summed E-state index contributed by atoms with van der Waals surface area (Å²) >= 11 is 0. The molecule has 0 saturated heterocycles. The van der Waals surface area contributed by atoms with E-state index < -0.39 is 0 Å². The second-order valence-electron chi connectivity index (χ2n) is 5.26. The summed E-state index contributed by atoms with van der Waals surface area (Å²) in [5.41, 5.74) is 0.881. The van der Waals surface area contributed by atoms with Crippen LogP contribution in [0.5, 0.6) is 0 Å². The molecule has 0 fully saturated rings. The summed E-state index contributed by atoms with van der Waals surface area (Å²) in [6.45, 7) is 7.00. The van der Waals surface area contributed by atoms with Gasteiger partial charge in [-0.15, -0.1) is 0 Å². The highest BCUT2D eigenvalue weighted by Gasteiger charge is 2.13. The lowest BCUT2D eigenvalue weighted by Gasteiger charge is -2.19. The van der Waals surface area contributed by atoms with E-state index in [9.17, 15) is 4.79 Å². The second kappa shape index (κ2) is 3.74. The lowest BCUT2D eigenvalue weighted by atomic mass is 9.97. The van der Waals surface area contributed by atoms with Crippen molar-refractivity contribution in [1.29, 1.82) is 0 Å². The van der Waals surface area contributed by atoms with Crippen molar-refractivity contribution in [3.05, 3.63) is 40.9 Å². The molecule has 3 heteroatoms. The van der Waals surface area contributed by atoms with Crippen molar-refractivity contribution < 1.29 is 0 Å². The van der Waals surface area contributed by atoms with Gasteiger partial charge in [-0.05, 0) is 17.5 Å². The Hall–Kier alpha value is -1.64. The topological polar surface area (TPSA) is 34.9 Å². The number of para-hydroxylation sites is 1. The van der Waals surface area contributed by atoms with Gasteiger partial charge in [0.05, 0.1) is 17.2 Å². The number of benzene rings is 1. The van der Waals surface area contributed by atoms with Crippen molar-refractivity contribution in [2.45, 2.75) is 27.3 Å². The summed E-state index contributed by atoms with van der Waals surface area (Å²) in [5, 5.41) is 0.689. The second-order valence-corrected chi connectivity index (χ2v) is 5.26. The Labute approximate surface area is 94.7 Å². The maximum Gasteiger partial charge on any atom is 0.261 e. The SMILES string of the molecule is CC(C)(C)Cn1cnc2ccccc2c1=O. The Morgan fingerprint density at radius 1 is 1.25 bits per heavy atom. The third kappa shape index (κ3) is 2.13. The van der Waals surface area contributed by atoms with Gasteiger partial charge in [0.25, 0.3) is 5.56 Å². The smallest absolute Gasteiger partial charge is 0.261 e. The predicted molar refractivity (Wildman–Crippen MR) is 65.5 cm³/mol. The van der Waals surface area contributed by atoms with E-state index in [4.69, 9.17) is 0 Å². The summed E-state index contributed by atoms with van der Waals surface area (Å²) in [6, 6.07) is 7.44. The summed E-state index contributed by atoms with van der Waals surface area (Å²) in [4.78, 5) is 16.4. The van der Waals surface area contributed by atoms with Gasteiger partial charge in [-0.2, -0.15) is 0 Å². The van der Waals surface area contributed by atoms with Crippen LogP contribution in [0.4, 0.5) is 0 Å². The van der Waals surface area contributed by atoms with Gasteiger partial charge in [0.2, 0.25) is 0 Å². The fourth-order valence-corrected chi connectivity index (χ4v) is 1.73. The highest BCUT2D eigenvalue weighted by atomic mass is 16.1. The van der Waals surface area contributed by atoms with Gasteiger partial charge >= 0.3 is 0 Å². The molecule has 2 aromatic rings. The van der Waals surface area contributed by atoms with E-state index in [0.717, 1.165) is 5.52 Å². The Morgan fingerprint density at radius 3 is 2.62 bits per heavy atom. The van der Waals surface area contributed by atoms with Crippen molar-refractivity contribution in [3.63, 3.8) is 0 Å². The van der Waals surface area contributed by atoms with E-state index in [1.165, 1.54) is 0 Å². The molecule has 1 aromatic carbocycles. The summed E-state index contributed by atoms with van der Waals surface area (Å²) in [7, 11) is 0. The Kier molecular flexibility index (Phi) is 2.54. The van der Waals surface area contributed by atoms with Gasteiger partial charge in [-0.25, -0.2) is 4.98 Å². The zero-order valence-corrected chi connectivity index (χ0v) is 9.90. The Morgan fingerprint density at radius 2 is 1.94 bits per heavy atom. The molecule has 0 atom stereocenters. The monoisotopic (exact) mass is 216 g/mol. The highest BCUT2D eigenvalue weighted by molar-refractivity contribution is 5.76. The van der Waals surface area contributed by atoms with E-state index in [-0.39, 0.29) is 11.0 Å².